The van der Waals surface area contributed by atoms with Gasteiger partial charge in [0, 0.05) is 24.2 Å². The molecule has 4 heteroatoms. The quantitative estimate of drug-likeness (QED) is 0.661. The van der Waals surface area contributed by atoms with Crippen LogP contribution in [-0.2, 0) is 13.0 Å². The first-order valence-corrected chi connectivity index (χ1v) is 9.38. The van der Waals surface area contributed by atoms with Gasteiger partial charge < -0.3 is 10.6 Å². The predicted molar refractivity (Wildman–Crippen MR) is 111 cm³/mol. The Morgan fingerprint density at radius 2 is 1.25 bits per heavy atom. The smallest absolute Gasteiger partial charge is 0.251 e. The van der Waals surface area contributed by atoms with Crippen molar-refractivity contribution >= 4 is 11.8 Å². The lowest BCUT2D eigenvalue weighted by Crippen LogP contribution is -2.26. The lowest BCUT2D eigenvalue weighted by molar-refractivity contribution is 0.0940. The van der Waals surface area contributed by atoms with Crippen molar-refractivity contribution in [3.8, 4) is 0 Å². The van der Waals surface area contributed by atoms with E-state index in [4.69, 9.17) is 0 Å². The molecule has 2 amide bonds. The fourth-order valence-electron chi connectivity index (χ4n) is 2.83. The summed E-state index contributed by atoms with van der Waals surface area (Å²) in [5, 5.41) is 5.80. The van der Waals surface area contributed by atoms with Crippen molar-refractivity contribution in [1.82, 2.24) is 10.6 Å². The number of amides is 2. The van der Waals surface area contributed by atoms with Crippen LogP contribution in [0.2, 0.25) is 0 Å². The standard InChI is InChI=1S/C24H24N2O2/c1-18-7-9-20(10-8-18)17-26-24(28)22-13-11-21(12-14-22)23(27)25-16-15-19-5-3-2-4-6-19/h2-14H,15-17H2,1H3,(H,25,27)(H,26,28). The molecule has 142 valence electrons. The molecule has 0 aliphatic carbocycles. The zero-order valence-electron chi connectivity index (χ0n) is 15.9. The molecule has 3 aromatic carbocycles. The zero-order valence-corrected chi connectivity index (χ0v) is 15.9. The summed E-state index contributed by atoms with van der Waals surface area (Å²) in [6.07, 6.45) is 0.784. The number of carbonyl (C=O) groups is 2. The third-order valence-corrected chi connectivity index (χ3v) is 4.53. The normalized spacial score (nSPS) is 10.3. The highest BCUT2D eigenvalue weighted by Gasteiger charge is 2.09. The van der Waals surface area contributed by atoms with Crippen molar-refractivity contribution in [3.05, 3.63) is 107 Å². The van der Waals surface area contributed by atoms with Crippen LogP contribution in [0.15, 0.2) is 78.9 Å². The molecular weight excluding hydrogens is 348 g/mol. The highest BCUT2D eigenvalue weighted by Crippen LogP contribution is 2.07. The molecule has 0 saturated heterocycles. The van der Waals surface area contributed by atoms with Crippen LogP contribution in [0.4, 0.5) is 0 Å². The summed E-state index contributed by atoms with van der Waals surface area (Å²) in [4.78, 5) is 24.5. The van der Waals surface area contributed by atoms with Gasteiger partial charge in [-0.1, -0.05) is 60.2 Å². The molecule has 0 radical (unpaired) electrons. The van der Waals surface area contributed by atoms with E-state index in [1.165, 1.54) is 11.1 Å². The maximum Gasteiger partial charge on any atom is 0.251 e. The molecule has 3 aromatic rings. The van der Waals surface area contributed by atoms with Gasteiger partial charge in [0.05, 0.1) is 0 Å². The number of carbonyl (C=O) groups excluding carboxylic acids is 2. The van der Waals surface area contributed by atoms with E-state index in [1.807, 2.05) is 61.5 Å². The van der Waals surface area contributed by atoms with E-state index in [9.17, 15) is 9.59 Å². The van der Waals surface area contributed by atoms with E-state index in [0.717, 1.165) is 12.0 Å². The summed E-state index contributed by atoms with van der Waals surface area (Å²) >= 11 is 0. The van der Waals surface area contributed by atoms with Gasteiger partial charge in [-0.2, -0.15) is 0 Å². The summed E-state index contributed by atoms with van der Waals surface area (Å²) in [6.45, 7) is 3.07. The first-order valence-electron chi connectivity index (χ1n) is 9.38. The number of hydrogen-bond acceptors (Lipinski definition) is 2. The minimum Gasteiger partial charge on any atom is -0.352 e. The molecule has 28 heavy (non-hydrogen) atoms. The molecule has 2 N–H and O–H groups in total. The Labute approximate surface area is 165 Å². The monoisotopic (exact) mass is 372 g/mol. The summed E-state index contributed by atoms with van der Waals surface area (Å²) in [6, 6.07) is 24.8. The van der Waals surface area contributed by atoms with Gasteiger partial charge in [-0.15, -0.1) is 0 Å². The van der Waals surface area contributed by atoms with Crippen molar-refractivity contribution in [3.63, 3.8) is 0 Å². The fourth-order valence-corrected chi connectivity index (χ4v) is 2.83. The number of aryl methyl sites for hydroxylation is 1. The molecule has 0 saturated carbocycles. The third kappa shape index (κ3) is 5.55. The maximum atomic E-state index is 12.3. The van der Waals surface area contributed by atoms with Gasteiger partial charge in [0.15, 0.2) is 0 Å². The Morgan fingerprint density at radius 1 is 0.679 bits per heavy atom. The first-order chi connectivity index (χ1) is 13.6. The Bertz CT molecular complexity index is 917. The molecule has 0 bridgehead atoms. The van der Waals surface area contributed by atoms with E-state index in [-0.39, 0.29) is 11.8 Å². The molecule has 0 unspecified atom stereocenters. The van der Waals surface area contributed by atoms with E-state index in [0.29, 0.717) is 24.2 Å². The topological polar surface area (TPSA) is 58.2 Å². The number of rotatable bonds is 7. The van der Waals surface area contributed by atoms with Gasteiger partial charge in [-0.3, -0.25) is 9.59 Å². The van der Waals surface area contributed by atoms with Gasteiger partial charge in [-0.25, -0.2) is 0 Å². The van der Waals surface area contributed by atoms with Gasteiger partial charge in [-0.05, 0) is 48.7 Å². The van der Waals surface area contributed by atoms with Crippen molar-refractivity contribution < 1.29 is 9.59 Å². The molecular formula is C24H24N2O2. The summed E-state index contributed by atoms with van der Waals surface area (Å²) < 4.78 is 0. The lowest BCUT2D eigenvalue weighted by Gasteiger charge is -2.08. The molecule has 0 fully saturated rings. The van der Waals surface area contributed by atoms with Crippen molar-refractivity contribution in [2.45, 2.75) is 19.9 Å². The SMILES string of the molecule is Cc1ccc(CNC(=O)c2ccc(C(=O)NCCc3ccccc3)cc2)cc1. The summed E-state index contributed by atoms with van der Waals surface area (Å²) in [7, 11) is 0. The molecule has 0 aliphatic heterocycles. The summed E-state index contributed by atoms with van der Waals surface area (Å²) in [5.74, 6) is -0.292. The Hall–Kier alpha value is -3.40. The van der Waals surface area contributed by atoms with E-state index in [1.54, 1.807) is 24.3 Å². The van der Waals surface area contributed by atoms with Crippen molar-refractivity contribution in [2.75, 3.05) is 6.54 Å². The number of hydrogen-bond donors (Lipinski definition) is 2. The Kier molecular flexibility index (Phi) is 6.58. The summed E-state index contributed by atoms with van der Waals surface area (Å²) in [5.41, 5.74) is 4.50. The molecule has 0 aromatic heterocycles. The minimum absolute atomic E-state index is 0.137. The second-order valence-corrected chi connectivity index (χ2v) is 6.74. The maximum absolute atomic E-state index is 12.3. The Morgan fingerprint density at radius 3 is 1.86 bits per heavy atom. The van der Waals surface area contributed by atoms with Crippen LogP contribution in [0, 0.1) is 6.92 Å². The Balaban J connectivity index is 1.48. The second-order valence-electron chi connectivity index (χ2n) is 6.74. The van der Waals surface area contributed by atoms with Gasteiger partial charge in [0.25, 0.3) is 11.8 Å². The number of nitrogens with one attached hydrogen (secondary N) is 2. The van der Waals surface area contributed by atoms with Crippen LogP contribution >= 0.6 is 0 Å². The van der Waals surface area contributed by atoms with Crippen LogP contribution in [0.5, 0.6) is 0 Å². The minimum atomic E-state index is -0.156. The largest absolute Gasteiger partial charge is 0.352 e. The molecule has 0 heterocycles. The average Bonchev–Trinajstić information content (AvgIpc) is 2.74. The first kappa shape index (κ1) is 19.4. The van der Waals surface area contributed by atoms with Crippen molar-refractivity contribution in [2.24, 2.45) is 0 Å². The van der Waals surface area contributed by atoms with Crippen LogP contribution in [0.25, 0.3) is 0 Å². The predicted octanol–water partition coefficient (Wildman–Crippen LogP) is 3.90. The molecule has 0 atom stereocenters. The zero-order chi connectivity index (χ0) is 19.8. The van der Waals surface area contributed by atoms with Gasteiger partial charge in [0.1, 0.15) is 0 Å². The lowest BCUT2D eigenvalue weighted by atomic mass is 10.1. The molecule has 0 spiro atoms. The molecule has 0 aliphatic rings. The average molecular weight is 372 g/mol. The van der Waals surface area contributed by atoms with Gasteiger partial charge in [0.2, 0.25) is 0 Å². The van der Waals surface area contributed by atoms with E-state index in [2.05, 4.69) is 10.6 Å². The van der Waals surface area contributed by atoms with Crippen LogP contribution in [-0.4, -0.2) is 18.4 Å². The van der Waals surface area contributed by atoms with Gasteiger partial charge >= 0.3 is 0 Å². The second kappa shape index (κ2) is 9.51. The fraction of sp³-hybridized carbons (Fsp3) is 0.167. The number of benzene rings is 3. The molecule has 3 rings (SSSR count). The van der Waals surface area contributed by atoms with Crippen molar-refractivity contribution in [1.29, 1.82) is 0 Å². The van der Waals surface area contributed by atoms with E-state index >= 15 is 0 Å². The highest BCUT2D eigenvalue weighted by atomic mass is 16.2. The van der Waals surface area contributed by atoms with E-state index < -0.39 is 0 Å². The van der Waals surface area contributed by atoms with Crippen LogP contribution in [0.1, 0.15) is 37.4 Å². The van der Waals surface area contributed by atoms with Crippen LogP contribution < -0.4 is 10.6 Å². The highest BCUT2D eigenvalue weighted by molar-refractivity contribution is 5.97. The molecule has 4 nitrogen and oxygen atoms in total. The van der Waals surface area contributed by atoms with Crippen LogP contribution in [0.3, 0.4) is 0 Å². The third-order valence-electron chi connectivity index (χ3n) is 4.53.